The van der Waals surface area contributed by atoms with E-state index in [-0.39, 0.29) is 40.9 Å². The number of carboxylic acid groups (broad SMARTS) is 1. The number of nitrogens with zero attached hydrogens (tertiary/aromatic N) is 1. The summed E-state index contributed by atoms with van der Waals surface area (Å²) in [5.41, 5.74) is 8.55. The van der Waals surface area contributed by atoms with E-state index in [1.807, 2.05) is 6.92 Å². The average Bonchev–Trinajstić information content (AvgIpc) is 3.29. The Kier molecular flexibility index (Phi) is 6.18. The van der Waals surface area contributed by atoms with E-state index in [4.69, 9.17) is 5.73 Å². The molecule has 7 atom stereocenters. The Morgan fingerprint density at radius 2 is 2.03 bits per heavy atom. The number of rotatable bonds is 7. The summed E-state index contributed by atoms with van der Waals surface area (Å²) >= 11 is 1.57. The lowest BCUT2D eigenvalue weighted by Crippen LogP contribution is -2.63. The number of hydrogen-bond donors (Lipinski definition) is 4. The lowest BCUT2D eigenvalue weighted by molar-refractivity contribution is -0.163. The molecule has 3 heterocycles. The van der Waals surface area contributed by atoms with Crippen molar-refractivity contribution >= 4 is 23.6 Å². The molecular weight excluding hydrogens is 414 g/mol. The summed E-state index contributed by atoms with van der Waals surface area (Å²) in [6.07, 6.45) is 0.998. The number of fused-ring (bicyclic) bond motifs is 1. The molecule has 2 saturated heterocycles. The maximum atomic E-state index is 12.5. The molecule has 1 unspecified atom stereocenters. The zero-order valence-corrected chi connectivity index (χ0v) is 18.9. The Morgan fingerprint density at radius 1 is 1.35 bits per heavy atom. The van der Waals surface area contributed by atoms with Crippen LogP contribution in [0, 0.1) is 11.8 Å². The molecule has 0 radical (unpaired) electrons. The molecular formula is C23H31N3O4S. The highest BCUT2D eigenvalue weighted by Gasteiger charge is 2.60. The van der Waals surface area contributed by atoms with Crippen LogP contribution in [0.15, 0.2) is 34.9 Å². The fourth-order valence-electron chi connectivity index (χ4n) is 5.12. The fourth-order valence-corrected chi connectivity index (χ4v) is 6.60. The van der Waals surface area contributed by atoms with Crippen LogP contribution in [-0.2, 0) is 9.59 Å². The van der Waals surface area contributed by atoms with Crippen LogP contribution in [0.2, 0.25) is 0 Å². The van der Waals surface area contributed by atoms with Crippen LogP contribution < -0.4 is 11.1 Å². The van der Waals surface area contributed by atoms with Crippen LogP contribution in [0.4, 0.5) is 0 Å². The number of amides is 1. The van der Waals surface area contributed by atoms with Crippen molar-refractivity contribution in [2.45, 2.75) is 63.1 Å². The number of aliphatic hydroxyl groups excluding tert-OH is 1. The number of nitrogens with one attached hydrogen (secondary N) is 1. The van der Waals surface area contributed by atoms with Crippen molar-refractivity contribution in [1.82, 2.24) is 10.2 Å². The number of aliphatic hydroxyl groups is 1. The van der Waals surface area contributed by atoms with Gasteiger partial charge in [-0.3, -0.25) is 4.79 Å². The number of carbonyl (C=O) groups excluding carboxylic acids is 1. The van der Waals surface area contributed by atoms with Crippen LogP contribution in [0.1, 0.15) is 56.8 Å². The van der Waals surface area contributed by atoms with Gasteiger partial charge in [-0.25, -0.2) is 4.79 Å². The summed E-state index contributed by atoms with van der Waals surface area (Å²) < 4.78 is 0. The molecule has 1 aromatic carbocycles. The molecule has 0 aliphatic carbocycles. The Hall–Kier alpha value is -1.87. The van der Waals surface area contributed by atoms with E-state index in [9.17, 15) is 19.8 Å². The van der Waals surface area contributed by atoms with Gasteiger partial charge < -0.3 is 26.2 Å². The highest BCUT2D eigenvalue weighted by Crippen LogP contribution is 2.52. The first-order valence-electron chi connectivity index (χ1n) is 11.0. The van der Waals surface area contributed by atoms with E-state index in [2.05, 4.69) is 36.5 Å². The van der Waals surface area contributed by atoms with E-state index in [1.54, 1.807) is 18.7 Å². The van der Waals surface area contributed by atoms with Crippen molar-refractivity contribution in [3.05, 3.63) is 46.0 Å². The molecule has 168 valence electrons. The number of carboxylic acids is 1. The van der Waals surface area contributed by atoms with Crippen molar-refractivity contribution in [3.63, 3.8) is 0 Å². The molecule has 5 N–H and O–H groups in total. The van der Waals surface area contributed by atoms with Crippen LogP contribution in [0.3, 0.4) is 0 Å². The van der Waals surface area contributed by atoms with Crippen molar-refractivity contribution in [2.75, 3.05) is 6.54 Å². The number of thioether (sulfide) groups is 1. The lowest BCUT2D eigenvalue weighted by atomic mass is 9.79. The maximum absolute atomic E-state index is 12.5. The standard InChI is InChI=1S/C23H31N3O4S/c1-4-16(24)13-5-7-14(8-6-13)17-9-15(10-25-17)31-21-11(2)19-18(12(3)27)22(28)26(19)20(21)23(29)30/h5-8,11-12,15-19,25,27H,4,9-10,24H2,1-3H3,(H,29,30)/t11-,12-,15+,16?,17-,18-,19-/m1/s1. The van der Waals surface area contributed by atoms with Crippen molar-refractivity contribution in [1.29, 1.82) is 0 Å². The summed E-state index contributed by atoms with van der Waals surface area (Å²) in [7, 11) is 0. The monoisotopic (exact) mass is 445 g/mol. The number of carbonyl (C=O) groups is 2. The van der Waals surface area contributed by atoms with Gasteiger partial charge in [0.05, 0.1) is 18.1 Å². The summed E-state index contributed by atoms with van der Waals surface area (Å²) in [4.78, 5) is 26.6. The molecule has 3 aliphatic heterocycles. The zero-order chi connectivity index (χ0) is 22.4. The van der Waals surface area contributed by atoms with Gasteiger partial charge in [0, 0.05) is 34.7 Å². The van der Waals surface area contributed by atoms with Gasteiger partial charge in [-0.15, -0.1) is 11.8 Å². The number of aliphatic carboxylic acids is 1. The van der Waals surface area contributed by atoms with Gasteiger partial charge in [-0.2, -0.15) is 0 Å². The molecule has 0 spiro atoms. The average molecular weight is 446 g/mol. The summed E-state index contributed by atoms with van der Waals surface area (Å²) in [6, 6.07) is 8.41. The zero-order valence-electron chi connectivity index (χ0n) is 18.1. The second kappa shape index (κ2) is 8.58. The molecule has 1 amide bonds. The minimum absolute atomic E-state index is 0.0534. The molecule has 7 nitrogen and oxygen atoms in total. The maximum Gasteiger partial charge on any atom is 0.353 e. The minimum atomic E-state index is -1.07. The SMILES string of the molecule is CCC(N)c1ccc([C@H]2C[C@H](SC3=C(C(=O)O)N4C(=O)[C@H]([C@@H](C)O)[C@H]4[C@H]3C)CN2)cc1. The summed E-state index contributed by atoms with van der Waals surface area (Å²) in [5.74, 6) is -1.97. The van der Waals surface area contributed by atoms with E-state index >= 15 is 0 Å². The first-order chi connectivity index (χ1) is 14.7. The molecule has 3 aliphatic rings. The van der Waals surface area contributed by atoms with Crippen LogP contribution in [-0.4, -0.2) is 50.9 Å². The second-order valence-electron chi connectivity index (χ2n) is 8.89. The molecule has 0 aromatic heterocycles. The van der Waals surface area contributed by atoms with Gasteiger partial charge in [0.1, 0.15) is 5.70 Å². The quantitative estimate of drug-likeness (QED) is 0.476. The van der Waals surface area contributed by atoms with Crippen LogP contribution >= 0.6 is 11.8 Å². The molecule has 4 rings (SSSR count). The third-order valence-electron chi connectivity index (χ3n) is 6.90. The first kappa shape index (κ1) is 22.3. The van der Waals surface area contributed by atoms with Crippen molar-refractivity contribution < 1.29 is 19.8 Å². The number of β-lactam (4-membered cyclic amide) rings is 1. The third-order valence-corrected chi connectivity index (χ3v) is 8.41. The van der Waals surface area contributed by atoms with E-state index in [1.165, 1.54) is 10.5 Å². The molecule has 0 bridgehead atoms. The predicted molar refractivity (Wildman–Crippen MR) is 120 cm³/mol. The summed E-state index contributed by atoms with van der Waals surface area (Å²) in [6.45, 7) is 6.41. The van der Waals surface area contributed by atoms with E-state index in [0.717, 1.165) is 29.9 Å². The lowest BCUT2D eigenvalue weighted by Gasteiger charge is -2.46. The second-order valence-corrected chi connectivity index (χ2v) is 10.2. The minimum Gasteiger partial charge on any atom is -0.477 e. The predicted octanol–water partition coefficient (Wildman–Crippen LogP) is 2.39. The van der Waals surface area contributed by atoms with E-state index < -0.39 is 18.0 Å². The Bertz CT molecular complexity index is 901. The molecule has 31 heavy (non-hydrogen) atoms. The Balaban J connectivity index is 1.47. The molecule has 1 aromatic rings. The number of nitrogens with two attached hydrogens (primary N) is 1. The largest absolute Gasteiger partial charge is 0.477 e. The molecule has 2 fully saturated rings. The molecule has 0 saturated carbocycles. The van der Waals surface area contributed by atoms with E-state index in [0.29, 0.717) is 0 Å². The topological polar surface area (TPSA) is 116 Å². The van der Waals surface area contributed by atoms with Gasteiger partial charge >= 0.3 is 5.97 Å². The Labute approximate surface area is 187 Å². The van der Waals surface area contributed by atoms with Crippen LogP contribution in [0.5, 0.6) is 0 Å². The van der Waals surface area contributed by atoms with Gasteiger partial charge in [-0.05, 0) is 30.9 Å². The number of benzene rings is 1. The normalized spacial score (nSPS) is 32.1. The first-order valence-corrected chi connectivity index (χ1v) is 11.9. The summed E-state index contributed by atoms with van der Waals surface area (Å²) in [5, 5.41) is 23.6. The van der Waals surface area contributed by atoms with Gasteiger partial charge in [0.25, 0.3) is 0 Å². The van der Waals surface area contributed by atoms with Gasteiger partial charge in [-0.1, -0.05) is 38.1 Å². The number of hydrogen-bond acceptors (Lipinski definition) is 6. The smallest absolute Gasteiger partial charge is 0.353 e. The van der Waals surface area contributed by atoms with Crippen LogP contribution in [0.25, 0.3) is 0 Å². The van der Waals surface area contributed by atoms with Crippen molar-refractivity contribution in [3.8, 4) is 0 Å². The molecule has 8 heteroatoms. The Morgan fingerprint density at radius 3 is 2.61 bits per heavy atom. The third kappa shape index (κ3) is 3.80. The fraction of sp³-hybridized carbons (Fsp3) is 0.565. The highest BCUT2D eigenvalue weighted by atomic mass is 32.2. The van der Waals surface area contributed by atoms with Crippen molar-refractivity contribution in [2.24, 2.45) is 17.6 Å². The van der Waals surface area contributed by atoms with Gasteiger partial charge in [0.15, 0.2) is 0 Å². The highest BCUT2D eigenvalue weighted by molar-refractivity contribution is 8.03. The van der Waals surface area contributed by atoms with Gasteiger partial charge in [0.2, 0.25) is 5.91 Å².